The van der Waals surface area contributed by atoms with Gasteiger partial charge in [-0.2, -0.15) is 0 Å². The largest absolute Gasteiger partial charge is 0.465 e. The maximum Gasteiger partial charge on any atom is 0.417 e. The lowest BCUT2D eigenvalue weighted by Gasteiger charge is -2.09. The average molecular weight is 271 g/mol. The number of amides is 1. The van der Waals surface area contributed by atoms with Gasteiger partial charge in [-0.25, -0.2) is 9.59 Å². The first-order chi connectivity index (χ1) is 9.70. The van der Waals surface area contributed by atoms with Crippen molar-refractivity contribution in [3.63, 3.8) is 0 Å². The van der Waals surface area contributed by atoms with E-state index in [1.165, 1.54) is 19.2 Å². The molecule has 0 saturated heterocycles. The summed E-state index contributed by atoms with van der Waals surface area (Å²) < 4.78 is 9.75. The maximum absolute atomic E-state index is 11.8. The third-order valence-electron chi connectivity index (χ3n) is 2.52. The van der Waals surface area contributed by atoms with Crippen LogP contribution >= 0.6 is 0 Å². The molecular formula is C15H13NO4. The molecule has 0 aromatic heterocycles. The maximum atomic E-state index is 11.8. The van der Waals surface area contributed by atoms with Gasteiger partial charge < -0.3 is 9.47 Å². The summed E-state index contributed by atoms with van der Waals surface area (Å²) >= 11 is 0. The van der Waals surface area contributed by atoms with Crippen LogP contribution in [-0.2, 0) is 4.74 Å². The molecule has 5 nitrogen and oxygen atoms in total. The average Bonchev–Trinajstić information content (AvgIpc) is 2.48. The molecule has 0 atom stereocenters. The highest BCUT2D eigenvalue weighted by atomic mass is 16.6. The van der Waals surface area contributed by atoms with Crippen LogP contribution in [0.5, 0.6) is 5.75 Å². The Kier molecular flexibility index (Phi) is 4.34. The van der Waals surface area contributed by atoms with Crippen LogP contribution in [0.25, 0.3) is 0 Å². The first-order valence-electron chi connectivity index (χ1n) is 5.92. The highest BCUT2D eigenvalue weighted by molar-refractivity contribution is 5.94. The number of hydrogen-bond donors (Lipinski definition) is 1. The third kappa shape index (κ3) is 3.35. The van der Waals surface area contributed by atoms with Crippen molar-refractivity contribution >= 4 is 17.7 Å². The van der Waals surface area contributed by atoms with Gasteiger partial charge in [0.15, 0.2) is 0 Å². The SMILES string of the molecule is COC(=O)c1ccccc1OC(=O)Nc1ccccc1. The van der Waals surface area contributed by atoms with E-state index < -0.39 is 12.1 Å². The van der Waals surface area contributed by atoms with E-state index in [2.05, 4.69) is 10.1 Å². The first kappa shape index (κ1) is 13.6. The van der Waals surface area contributed by atoms with Crippen molar-refractivity contribution < 1.29 is 19.1 Å². The lowest BCUT2D eigenvalue weighted by atomic mass is 10.2. The highest BCUT2D eigenvalue weighted by Crippen LogP contribution is 2.19. The summed E-state index contributed by atoms with van der Waals surface area (Å²) in [5, 5.41) is 2.56. The Morgan fingerprint density at radius 1 is 0.950 bits per heavy atom. The fraction of sp³-hybridized carbons (Fsp3) is 0.0667. The standard InChI is InChI=1S/C15H13NO4/c1-19-14(17)12-9-5-6-10-13(12)20-15(18)16-11-7-3-2-4-8-11/h2-10H,1H3,(H,16,18). The predicted molar refractivity (Wildman–Crippen MR) is 73.9 cm³/mol. The fourth-order valence-electron chi connectivity index (χ4n) is 1.60. The molecule has 0 aliphatic heterocycles. The molecule has 2 aromatic carbocycles. The molecule has 0 spiro atoms. The minimum Gasteiger partial charge on any atom is -0.465 e. The zero-order valence-electron chi connectivity index (χ0n) is 10.8. The summed E-state index contributed by atoms with van der Waals surface area (Å²) in [5.74, 6) is -0.416. The van der Waals surface area contributed by atoms with Gasteiger partial charge in [0.1, 0.15) is 11.3 Å². The van der Waals surface area contributed by atoms with Crippen LogP contribution in [0.1, 0.15) is 10.4 Å². The number of carbonyl (C=O) groups is 2. The van der Waals surface area contributed by atoms with Crippen molar-refractivity contribution in [2.75, 3.05) is 12.4 Å². The van der Waals surface area contributed by atoms with Crippen molar-refractivity contribution in [3.05, 3.63) is 60.2 Å². The Balaban J connectivity index is 2.10. The van der Waals surface area contributed by atoms with Crippen LogP contribution in [0.15, 0.2) is 54.6 Å². The number of hydrogen-bond acceptors (Lipinski definition) is 4. The second-order valence-corrected chi connectivity index (χ2v) is 3.87. The number of methoxy groups -OCH3 is 1. The number of esters is 1. The summed E-state index contributed by atoms with van der Waals surface area (Å²) in [4.78, 5) is 23.3. The summed E-state index contributed by atoms with van der Waals surface area (Å²) in [5.41, 5.74) is 0.797. The Bertz CT molecular complexity index is 610. The van der Waals surface area contributed by atoms with Crippen molar-refractivity contribution in [1.82, 2.24) is 0 Å². The Morgan fingerprint density at radius 3 is 2.30 bits per heavy atom. The van der Waals surface area contributed by atoms with E-state index in [0.29, 0.717) is 5.69 Å². The molecule has 0 fully saturated rings. The number of anilines is 1. The van der Waals surface area contributed by atoms with Crippen molar-refractivity contribution in [1.29, 1.82) is 0 Å². The highest BCUT2D eigenvalue weighted by Gasteiger charge is 2.15. The summed E-state index contributed by atoms with van der Waals surface area (Å²) in [6.45, 7) is 0. The summed E-state index contributed by atoms with van der Waals surface area (Å²) in [6, 6.07) is 15.2. The summed E-state index contributed by atoms with van der Waals surface area (Å²) in [6.07, 6.45) is -0.674. The van der Waals surface area contributed by atoms with Gasteiger partial charge in [0.25, 0.3) is 0 Å². The van der Waals surface area contributed by atoms with Gasteiger partial charge in [0, 0.05) is 5.69 Å². The normalized spacial score (nSPS) is 9.65. The molecule has 0 heterocycles. The monoisotopic (exact) mass is 271 g/mol. The molecule has 1 N–H and O–H groups in total. The molecule has 0 aliphatic carbocycles. The van der Waals surface area contributed by atoms with Crippen LogP contribution in [0.4, 0.5) is 10.5 Å². The van der Waals surface area contributed by atoms with Crippen molar-refractivity contribution in [2.24, 2.45) is 0 Å². The van der Waals surface area contributed by atoms with E-state index in [4.69, 9.17) is 4.74 Å². The molecule has 0 unspecified atom stereocenters. The van der Waals surface area contributed by atoms with Crippen molar-refractivity contribution in [3.8, 4) is 5.75 Å². The van der Waals surface area contributed by atoms with E-state index in [-0.39, 0.29) is 11.3 Å². The van der Waals surface area contributed by atoms with Gasteiger partial charge in [-0.1, -0.05) is 30.3 Å². The van der Waals surface area contributed by atoms with Gasteiger partial charge in [-0.15, -0.1) is 0 Å². The van der Waals surface area contributed by atoms with Crippen molar-refractivity contribution in [2.45, 2.75) is 0 Å². The topological polar surface area (TPSA) is 64.6 Å². The third-order valence-corrected chi connectivity index (χ3v) is 2.52. The second-order valence-electron chi connectivity index (χ2n) is 3.87. The van der Waals surface area contributed by atoms with Gasteiger partial charge in [-0.3, -0.25) is 5.32 Å². The Morgan fingerprint density at radius 2 is 1.60 bits per heavy atom. The van der Waals surface area contributed by atoms with E-state index in [1.54, 1.807) is 36.4 Å². The molecule has 0 bridgehead atoms. The van der Waals surface area contributed by atoms with Crippen LogP contribution in [0, 0.1) is 0 Å². The lowest BCUT2D eigenvalue weighted by Crippen LogP contribution is -2.18. The molecule has 5 heteroatoms. The van der Waals surface area contributed by atoms with Gasteiger partial charge in [0.05, 0.1) is 7.11 Å². The van der Waals surface area contributed by atoms with E-state index >= 15 is 0 Å². The first-order valence-corrected chi connectivity index (χ1v) is 5.92. The van der Waals surface area contributed by atoms with E-state index in [9.17, 15) is 9.59 Å². The molecule has 0 saturated carbocycles. The number of para-hydroxylation sites is 2. The van der Waals surface area contributed by atoms with Crippen LogP contribution in [-0.4, -0.2) is 19.2 Å². The number of benzene rings is 2. The van der Waals surface area contributed by atoms with Gasteiger partial charge in [-0.05, 0) is 24.3 Å². The molecule has 0 aliphatic rings. The fourth-order valence-corrected chi connectivity index (χ4v) is 1.60. The number of rotatable bonds is 3. The summed E-state index contributed by atoms with van der Waals surface area (Å²) in [7, 11) is 1.27. The van der Waals surface area contributed by atoms with E-state index in [1.807, 2.05) is 6.07 Å². The smallest absolute Gasteiger partial charge is 0.417 e. The molecule has 0 radical (unpaired) electrons. The van der Waals surface area contributed by atoms with Crippen LogP contribution in [0.3, 0.4) is 0 Å². The molecule has 1 amide bonds. The van der Waals surface area contributed by atoms with Crippen LogP contribution < -0.4 is 10.1 Å². The zero-order valence-corrected chi connectivity index (χ0v) is 10.8. The number of carbonyl (C=O) groups excluding carboxylic acids is 2. The second kappa shape index (κ2) is 6.38. The Labute approximate surface area is 116 Å². The molecule has 102 valence electrons. The minimum absolute atomic E-state index is 0.146. The number of ether oxygens (including phenoxy) is 2. The van der Waals surface area contributed by atoms with Crippen LogP contribution in [0.2, 0.25) is 0 Å². The Hall–Kier alpha value is -2.82. The molecule has 20 heavy (non-hydrogen) atoms. The molecule has 2 rings (SSSR count). The predicted octanol–water partition coefficient (Wildman–Crippen LogP) is 3.08. The number of nitrogens with one attached hydrogen (secondary N) is 1. The van der Waals surface area contributed by atoms with Gasteiger partial charge >= 0.3 is 12.1 Å². The van der Waals surface area contributed by atoms with E-state index in [0.717, 1.165) is 0 Å². The quantitative estimate of drug-likeness (QED) is 0.871. The lowest BCUT2D eigenvalue weighted by molar-refractivity contribution is 0.0598. The molecule has 2 aromatic rings. The zero-order chi connectivity index (χ0) is 14.4. The minimum atomic E-state index is -0.674. The van der Waals surface area contributed by atoms with Gasteiger partial charge in [0.2, 0.25) is 0 Å². The molecular weight excluding hydrogens is 258 g/mol.